The lowest BCUT2D eigenvalue weighted by Crippen LogP contribution is -2.38. The van der Waals surface area contributed by atoms with Gasteiger partial charge in [-0.2, -0.15) is 5.10 Å². The second-order valence-electron chi connectivity index (χ2n) is 7.89. The number of carbonyl (C=O) groups excluding carboxylic acids is 2. The van der Waals surface area contributed by atoms with E-state index in [0.29, 0.717) is 54.7 Å². The van der Waals surface area contributed by atoms with Crippen LogP contribution in [0.2, 0.25) is 0 Å². The van der Waals surface area contributed by atoms with E-state index in [2.05, 4.69) is 20.3 Å². The van der Waals surface area contributed by atoms with Gasteiger partial charge in [0.05, 0.1) is 31.5 Å². The topological polar surface area (TPSA) is 130 Å². The first-order valence-electron chi connectivity index (χ1n) is 10.9. The van der Waals surface area contributed by atoms with Crippen molar-refractivity contribution in [1.82, 2.24) is 24.2 Å². The average molecular weight is 456 g/mol. The third kappa shape index (κ3) is 4.69. The molecule has 1 fully saturated rings. The van der Waals surface area contributed by atoms with E-state index in [1.165, 1.54) is 7.11 Å². The lowest BCUT2D eigenvalue weighted by Gasteiger charge is -2.27. The number of hydrogen-bond acceptors (Lipinski definition) is 7. The van der Waals surface area contributed by atoms with Crippen LogP contribution in [-0.4, -0.2) is 76.0 Å². The van der Waals surface area contributed by atoms with Crippen LogP contribution in [0.1, 0.15) is 33.5 Å². The van der Waals surface area contributed by atoms with E-state index in [9.17, 15) is 9.59 Å². The highest BCUT2D eigenvalue weighted by Crippen LogP contribution is 2.31. The molecular formula is C22H29N7O4. The third-order valence-electron chi connectivity index (χ3n) is 5.71. The first-order valence-corrected chi connectivity index (χ1v) is 10.9. The van der Waals surface area contributed by atoms with Crippen LogP contribution in [0, 0.1) is 6.92 Å². The molecule has 2 amide bonds. The molecule has 33 heavy (non-hydrogen) atoms. The van der Waals surface area contributed by atoms with Gasteiger partial charge in [0.25, 0.3) is 5.91 Å². The van der Waals surface area contributed by atoms with Gasteiger partial charge in [-0.15, -0.1) is 0 Å². The first-order chi connectivity index (χ1) is 15.9. The minimum absolute atomic E-state index is 0.287. The second kappa shape index (κ2) is 9.59. The smallest absolute Gasteiger partial charge is 0.276 e. The van der Waals surface area contributed by atoms with Crippen LogP contribution in [0.4, 0.5) is 5.95 Å². The molecule has 11 nitrogen and oxygen atoms in total. The summed E-state index contributed by atoms with van der Waals surface area (Å²) < 4.78 is 14.6. The molecule has 0 spiro atoms. The Balaban J connectivity index is 1.74. The van der Waals surface area contributed by atoms with Gasteiger partial charge in [0.1, 0.15) is 17.0 Å². The molecule has 1 aliphatic rings. The highest BCUT2D eigenvalue weighted by atomic mass is 16.5. The molecule has 0 saturated carbocycles. The van der Waals surface area contributed by atoms with Crippen molar-refractivity contribution in [2.45, 2.75) is 26.9 Å². The summed E-state index contributed by atoms with van der Waals surface area (Å²) >= 11 is 0. The van der Waals surface area contributed by atoms with Crippen LogP contribution >= 0.6 is 0 Å². The number of aromatic nitrogens is 4. The van der Waals surface area contributed by atoms with Crippen molar-refractivity contribution in [3.8, 4) is 5.75 Å². The maximum Gasteiger partial charge on any atom is 0.276 e. The summed E-state index contributed by atoms with van der Waals surface area (Å²) in [5.41, 5.74) is 8.19. The van der Waals surface area contributed by atoms with Crippen LogP contribution in [0.15, 0.2) is 18.2 Å². The predicted octanol–water partition coefficient (Wildman–Crippen LogP) is 1.25. The normalized spacial score (nSPS) is 14.5. The largest absolute Gasteiger partial charge is 0.494 e. The van der Waals surface area contributed by atoms with Crippen LogP contribution in [0.5, 0.6) is 5.75 Å². The number of benzene rings is 1. The van der Waals surface area contributed by atoms with E-state index < -0.39 is 5.91 Å². The molecule has 3 heterocycles. The lowest BCUT2D eigenvalue weighted by atomic mass is 10.1. The highest BCUT2D eigenvalue weighted by Gasteiger charge is 2.22. The second-order valence-corrected chi connectivity index (χ2v) is 7.89. The molecule has 11 heteroatoms. The molecule has 176 valence electrons. The van der Waals surface area contributed by atoms with E-state index in [1.807, 2.05) is 18.4 Å². The number of imidazole rings is 1. The minimum Gasteiger partial charge on any atom is -0.494 e. The molecule has 0 unspecified atom stereocenters. The van der Waals surface area contributed by atoms with E-state index in [4.69, 9.17) is 15.2 Å². The number of rotatable bonds is 8. The summed E-state index contributed by atoms with van der Waals surface area (Å²) in [5, 5.41) is 7.28. The zero-order chi connectivity index (χ0) is 23.5. The van der Waals surface area contributed by atoms with E-state index in [-0.39, 0.29) is 11.5 Å². The average Bonchev–Trinajstić information content (AvgIpc) is 3.37. The van der Waals surface area contributed by atoms with Gasteiger partial charge in [0.2, 0.25) is 11.9 Å². The Hall–Kier alpha value is -3.44. The van der Waals surface area contributed by atoms with E-state index >= 15 is 0 Å². The molecule has 4 rings (SSSR count). The van der Waals surface area contributed by atoms with Crippen molar-refractivity contribution in [2.24, 2.45) is 5.73 Å². The summed E-state index contributed by atoms with van der Waals surface area (Å²) in [4.78, 5) is 31.8. The number of carbonyl (C=O) groups is 2. The van der Waals surface area contributed by atoms with Crippen LogP contribution < -0.4 is 15.8 Å². The zero-order valence-corrected chi connectivity index (χ0v) is 19.1. The van der Waals surface area contributed by atoms with Crippen molar-refractivity contribution in [2.75, 3.05) is 45.3 Å². The van der Waals surface area contributed by atoms with Crippen molar-refractivity contribution >= 4 is 28.8 Å². The number of ether oxygens (including phenoxy) is 2. The number of anilines is 1. The van der Waals surface area contributed by atoms with Gasteiger partial charge >= 0.3 is 0 Å². The summed E-state index contributed by atoms with van der Waals surface area (Å²) in [6, 6.07) is 4.95. The van der Waals surface area contributed by atoms with Crippen molar-refractivity contribution in [3.05, 3.63) is 35.2 Å². The number of nitrogens with two attached hydrogens (primary N) is 1. The van der Waals surface area contributed by atoms with Crippen LogP contribution in [0.3, 0.4) is 0 Å². The number of aryl methyl sites for hydroxylation is 2. The van der Waals surface area contributed by atoms with Crippen LogP contribution in [-0.2, 0) is 17.8 Å². The summed E-state index contributed by atoms with van der Waals surface area (Å²) in [5.74, 6) is -0.0594. The number of primary amides is 1. The zero-order valence-electron chi connectivity index (χ0n) is 19.1. The number of morpholine rings is 1. The van der Waals surface area contributed by atoms with Crippen LogP contribution in [0.25, 0.3) is 11.0 Å². The van der Waals surface area contributed by atoms with E-state index in [1.54, 1.807) is 22.9 Å². The molecule has 3 N–H and O–H groups in total. The molecule has 3 aromatic rings. The van der Waals surface area contributed by atoms with Crippen molar-refractivity contribution < 1.29 is 19.1 Å². The Morgan fingerprint density at radius 2 is 1.97 bits per heavy atom. The highest BCUT2D eigenvalue weighted by molar-refractivity contribution is 6.04. The molecule has 1 saturated heterocycles. The Morgan fingerprint density at radius 3 is 2.64 bits per heavy atom. The number of nitrogens with one attached hydrogen (secondary N) is 1. The van der Waals surface area contributed by atoms with Gasteiger partial charge in [0, 0.05) is 38.3 Å². The van der Waals surface area contributed by atoms with Gasteiger partial charge in [-0.3, -0.25) is 24.5 Å². The Kier molecular flexibility index (Phi) is 6.61. The van der Waals surface area contributed by atoms with Gasteiger partial charge in [-0.05, 0) is 32.0 Å². The van der Waals surface area contributed by atoms with Crippen molar-refractivity contribution in [3.63, 3.8) is 0 Å². The minimum atomic E-state index is -0.578. The predicted molar refractivity (Wildman–Crippen MR) is 123 cm³/mol. The number of fused-ring (bicyclic) bond motifs is 1. The molecular weight excluding hydrogens is 426 g/mol. The van der Waals surface area contributed by atoms with Crippen molar-refractivity contribution in [1.29, 1.82) is 0 Å². The first kappa shape index (κ1) is 22.7. The summed E-state index contributed by atoms with van der Waals surface area (Å²) in [6.07, 6.45) is 0. The molecule has 0 radical (unpaired) electrons. The summed E-state index contributed by atoms with van der Waals surface area (Å²) in [7, 11) is 1.53. The fraction of sp³-hybridized carbons (Fsp3) is 0.455. The number of methoxy groups -OCH3 is 1. The third-order valence-corrected chi connectivity index (χ3v) is 5.71. The number of amides is 2. The SMILES string of the molecule is CCn1nc(C)cc1C(=O)Nc1nc2cc(C(N)=O)cc(OC)c2n1CCN1CCOCC1. The molecule has 1 aromatic carbocycles. The maximum absolute atomic E-state index is 13.1. The fourth-order valence-electron chi connectivity index (χ4n) is 4.04. The number of nitrogens with zero attached hydrogens (tertiary/aromatic N) is 5. The molecule has 2 aromatic heterocycles. The molecule has 0 atom stereocenters. The van der Waals surface area contributed by atoms with Gasteiger partial charge in [-0.25, -0.2) is 4.98 Å². The standard InChI is InChI=1S/C22H29N7O4/c1-4-29-17(11-14(2)26-29)21(31)25-22-24-16-12-15(20(23)30)13-18(32-3)19(16)28(22)6-5-27-7-9-33-10-8-27/h11-13H,4-10H2,1-3H3,(H2,23,30)(H,24,25,31). The van der Waals surface area contributed by atoms with E-state index in [0.717, 1.165) is 25.3 Å². The lowest BCUT2D eigenvalue weighted by molar-refractivity contribution is 0.0366. The van der Waals surface area contributed by atoms with Gasteiger partial charge in [0.15, 0.2) is 0 Å². The Morgan fingerprint density at radius 1 is 1.21 bits per heavy atom. The number of hydrogen-bond donors (Lipinski definition) is 2. The molecule has 1 aliphatic heterocycles. The van der Waals surface area contributed by atoms with Gasteiger partial charge in [-0.1, -0.05) is 0 Å². The molecule has 0 aliphatic carbocycles. The monoisotopic (exact) mass is 455 g/mol. The fourth-order valence-corrected chi connectivity index (χ4v) is 4.04. The molecule has 0 bridgehead atoms. The quantitative estimate of drug-likeness (QED) is 0.523. The van der Waals surface area contributed by atoms with Gasteiger partial charge < -0.3 is 19.8 Å². The maximum atomic E-state index is 13.1. The Bertz CT molecular complexity index is 1180. The summed E-state index contributed by atoms with van der Waals surface area (Å²) in [6.45, 7) is 8.71. The Labute approximate surface area is 191 Å².